The lowest BCUT2D eigenvalue weighted by atomic mass is 10.2. The van der Waals surface area contributed by atoms with Gasteiger partial charge in [-0.1, -0.05) is 18.3 Å². The van der Waals surface area contributed by atoms with Gasteiger partial charge in [0.25, 0.3) is 10.0 Å². The molecule has 2 aromatic heterocycles. The van der Waals surface area contributed by atoms with Crippen LogP contribution in [0.2, 0.25) is 0 Å². The molecule has 0 spiro atoms. The Balaban J connectivity index is 2.40. The van der Waals surface area contributed by atoms with E-state index in [2.05, 4.69) is 14.9 Å². The molecule has 0 bridgehead atoms. The highest BCUT2D eigenvalue weighted by molar-refractivity contribution is 7.93. The van der Waals surface area contributed by atoms with Crippen molar-refractivity contribution < 1.29 is 17.9 Å². The Morgan fingerprint density at radius 1 is 1.30 bits per heavy atom. The van der Waals surface area contributed by atoms with Crippen LogP contribution < -0.4 is 4.72 Å². The molecule has 7 nitrogen and oxygen atoms in total. The summed E-state index contributed by atoms with van der Waals surface area (Å²) in [5.74, 6) is 0.621. The standard InChI is InChI=1S/C11H15N3O4S2/c1-4-9-12-13-11(19-9)14-20(16,17)10-7(3)18-6(2)8(10)5-15/h15H,4-5H2,1-3H3,(H,13,14). The molecule has 2 rings (SSSR count). The number of aliphatic hydroxyl groups excluding tert-OH is 1. The first kappa shape index (κ1) is 14.9. The highest BCUT2D eigenvalue weighted by atomic mass is 32.2. The second kappa shape index (κ2) is 5.51. The second-order valence-corrected chi connectivity index (χ2v) is 6.82. The third kappa shape index (κ3) is 2.69. The van der Waals surface area contributed by atoms with Crippen molar-refractivity contribution in [1.82, 2.24) is 10.2 Å². The molecule has 0 radical (unpaired) electrons. The van der Waals surface area contributed by atoms with E-state index < -0.39 is 16.6 Å². The van der Waals surface area contributed by atoms with E-state index in [1.54, 1.807) is 6.92 Å². The number of furan rings is 1. The van der Waals surface area contributed by atoms with Crippen LogP contribution in [0.15, 0.2) is 9.31 Å². The summed E-state index contributed by atoms with van der Waals surface area (Å²) in [4.78, 5) is -0.0363. The van der Waals surface area contributed by atoms with E-state index in [0.29, 0.717) is 12.2 Å². The molecule has 0 saturated heterocycles. The van der Waals surface area contributed by atoms with Crippen LogP contribution in [0, 0.1) is 13.8 Å². The second-order valence-electron chi connectivity index (χ2n) is 4.14. The van der Waals surface area contributed by atoms with Crippen molar-refractivity contribution in [2.45, 2.75) is 38.7 Å². The fourth-order valence-electron chi connectivity index (χ4n) is 1.85. The van der Waals surface area contributed by atoms with Gasteiger partial charge in [0, 0.05) is 5.56 Å². The van der Waals surface area contributed by atoms with E-state index in [9.17, 15) is 13.5 Å². The van der Waals surface area contributed by atoms with E-state index >= 15 is 0 Å². The maximum atomic E-state index is 12.4. The third-order valence-corrected chi connectivity index (χ3v) is 5.39. The lowest BCUT2D eigenvalue weighted by molar-refractivity contribution is 0.276. The lowest BCUT2D eigenvalue weighted by Crippen LogP contribution is -2.15. The number of aliphatic hydroxyl groups is 1. The molecule has 110 valence electrons. The fourth-order valence-corrected chi connectivity index (χ4v) is 4.20. The molecule has 9 heteroatoms. The van der Waals surface area contributed by atoms with E-state index in [1.165, 1.54) is 18.3 Å². The van der Waals surface area contributed by atoms with E-state index in [-0.39, 0.29) is 21.4 Å². The number of hydrogen-bond donors (Lipinski definition) is 2. The summed E-state index contributed by atoms with van der Waals surface area (Å²) >= 11 is 1.17. The molecule has 0 fully saturated rings. The molecule has 0 atom stereocenters. The molecule has 2 N–H and O–H groups in total. The number of hydrogen-bond acceptors (Lipinski definition) is 7. The van der Waals surface area contributed by atoms with Crippen LogP contribution >= 0.6 is 11.3 Å². The van der Waals surface area contributed by atoms with Crippen molar-refractivity contribution in [3.8, 4) is 0 Å². The highest BCUT2D eigenvalue weighted by Crippen LogP contribution is 2.29. The quantitative estimate of drug-likeness (QED) is 0.868. The molecular weight excluding hydrogens is 302 g/mol. The summed E-state index contributed by atoms with van der Waals surface area (Å²) in [7, 11) is -3.86. The Hall–Kier alpha value is -1.45. The number of nitrogens with zero attached hydrogens (tertiary/aromatic N) is 2. The van der Waals surface area contributed by atoms with Crippen molar-refractivity contribution in [2.24, 2.45) is 0 Å². The van der Waals surface area contributed by atoms with Crippen LogP contribution in [-0.4, -0.2) is 23.7 Å². The SMILES string of the molecule is CCc1nnc(NS(=O)(=O)c2c(C)oc(C)c2CO)s1. The topological polar surface area (TPSA) is 105 Å². The number of rotatable bonds is 5. The first-order valence-corrected chi connectivity index (χ1v) is 8.24. The zero-order valence-corrected chi connectivity index (χ0v) is 12.9. The minimum Gasteiger partial charge on any atom is -0.465 e. The number of sulfonamides is 1. The molecule has 20 heavy (non-hydrogen) atoms. The minimum atomic E-state index is -3.86. The molecule has 0 aliphatic heterocycles. The van der Waals surface area contributed by atoms with Crippen LogP contribution in [-0.2, 0) is 23.1 Å². The van der Waals surface area contributed by atoms with Gasteiger partial charge in [0.1, 0.15) is 21.4 Å². The minimum absolute atomic E-state index is 0.0363. The maximum absolute atomic E-state index is 12.4. The Morgan fingerprint density at radius 3 is 2.55 bits per heavy atom. The highest BCUT2D eigenvalue weighted by Gasteiger charge is 2.27. The molecule has 0 unspecified atom stereocenters. The van der Waals surface area contributed by atoms with Crippen LogP contribution in [0.25, 0.3) is 0 Å². The maximum Gasteiger partial charge on any atom is 0.267 e. The summed E-state index contributed by atoms with van der Waals surface area (Å²) in [5.41, 5.74) is 0.259. The smallest absolute Gasteiger partial charge is 0.267 e. The molecule has 2 heterocycles. The summed E-state index contributed by atoms with van der Waals surface area (Å²) < 4.78 is 32.4. The van der Waals surface area contributed by atoms with E-state index in [1.807, 2.05) is 6.92 Å². The molecule has 2 aromatic rings. The Labute approximate surface area is 120 Å². The van der Waals surface area contributed by atoms with Gasteiger partial charge in [0.05, 0.1) is 6.61 Å². The van der Waals surface area contributed by atoms with Gasteiger partial charge in [-0.05, 0) is 20.3 Å². The van der Waals surface area contributed by atoms with Gasteiger partial charge in [0.2, 0.25) is 5.13 Å². The summed E-state index contributed by atoms with van der Waals surface area (Å²) in [5, 5.41) is 17.9. The normalized spacial score (nSPS) is 11.8. The average molecular weight is 317 g/mol. The predicted molar refractivity (Wildman–Crippen MR) is 74.2 cm³/mol. The third-order valence-electron chi connectivity index (χ3n) is 2.74. The largest absolute Gasteiger partial charge is 0.465 e. The van der Waals surface area contributed by atoms with E-state index in [4.69, 9.17) is 4.42 Å². The average Bonchev–Trinajstić information content (AvgIpc) is 2.92. The van der Waals surface area contributed by atoms with Gasteiger partial charge in [0.15, 0.2) is 0 Å². The Bertz CT molecular complexity index is 718. The van der Waals surface area contributed by atoms with Gasteiger partial charge in [-0.3, -0.25) is 4.72 Å². The molecular formula is C11H15N3O4S2. The summed E-state index contributed by atoms with van der Waals surface area (Å²) in [6.07, 6.45) is 0.686. The van der Waals surface area contributed by atoms with Gasteiger partial charge in [-0.15, -0.1) is 10.2 Å². The Morgan fingerprint density at radius 2 is 2.00 bits per heavy atom. The monoisotopic (exact) mass is 317 g/mol. The molecule has 0 aromatic carbocycles. The predicted octanol–water partition coefficient (Wildman–Crippen LogP) is 1.60. The van der Waals surface area contributed by atoms with Crippen molar-refractivity contribution in [3.05, 3.63) is 22.1 Å². The molecule has 0 saturated carbocycles. The molecule has 0 aliphatic carbocycles. The zero-order chi connectivity index (χ0) is 14.9. The van der Waals surface area contributed by atoms with Crippen LogP contribution in [0.3, 0.4) is 0 Å². The van der Waals surface area contributed by atoms with Gasteiger partial charge >= 0.3 is 0 Å². The Kier molecular flexibility index (Phi) is 4.11. The van der Waals surface area contributed by atoms with Crippen LogP contribution in [0.5, 0.6) is 0 Å². The first-order chi connectivity index (χ1) is 9.39. The molecule has 0 aliphatic rings. The number of nitrogens with one attached hydrogen (secondary N) is 1. The van der Waals surface area contributed by atoms with Crippen molar-refractivity contribution in [1.29, 1.82) is 0 Å². The van der Waals surface area contributed by atoms with Crippen LogP contribution in [0.1, 0.15) is 29.0 Å². The zero-order valence-electron chi connectivity index (χ0n) is 11.3. The fraction of sp³-hybridized carbons (Fsp3) is 0.455. The number of anilines is 1. The van der Waals surface area contributed by atoms with Crippen molar-refractivity contribution in [2.75, 3.05) is 4.72 Å². The lowest BCUT2D eigenvalue weighted by Gasteiger charge is -2.05. The van der Waals surface area contributed by atoms with Crippen molar-refractivity contribution in [3.63, 3.8) is 0 Å². The van der Waals surface area contributed by atoms with E-state index in [0.717, 1.165) is 5.01 Å². The van der Waals surface area contributed by atoms with Crippen LogP contribution in [0.4, 0.5) is 5.13 Å². The molecule has 0 amide bonds. The summed E-state index contributed by atoms with van der Waals surface area (Å²) in [6, 6.07) is 0. The van der Waals surface area contributed by atoms with Crippen molar-refractivity contribution >= 4 is 26.5 Å². The number of aromatic nitrogens is 2. The van der Waals surface area contributed by atoms with Gasteiger partial charge < -0.3 is 9.52 Å². The summed E-state index contributed by atoms with van der Waals surface area (Å²) in [6.45, 7) is 4.65. The number of aryl methyl sites for hydroxylation is 3. The first-order valence-electron chi connectivity index (χ1n) is 5.94. The van der Waals surface area contributed by atoms with Gasteiger partial charge in [-0.2, -0.15) is 0 Å². The van der Waals surface area contributed by atoms with Gasteiger partial charge in [-0.25, -0.2) is 8.42 Å².